The van der Waals surface area contributed by atoms with Gasteiger partial charge in [-0.15, -0.1) is 0 Å². The molecule has 4 nitrogen and oxygen atoms in total. The van der Waals surface area contributed by atoms with E-state index in [4.69, 9.17) is 4.99 Å². The summed E-state index contributed by atoms with van der Waals surface area (Å²) in [5.74, 6) is 0.362. The Morgan fingerprint density at radius 2 is 1.81 bits per heavy atom. The highest BCUT2D eigenvalue weighted by Gasteiger charge is 2.40. The zero-order valence-electron chi connectivity index (χ0n) is 16.3. The van der Waals surface area contributed by atoms with Crippen LogP contribution in [0.15, 0.2) is 53.5 Å². The minimum Gasteiger partial charge on any atom is -0.508 e. The first-order valence-corrected chi connectivity index (χ1v) is 10.0. The van der Waals surface area contributed by atoms with Crippen LogP contribution in [0.1, 0.15) is 48.9 Å². The highest BCUT2D eigenvalue weighted by Crippen LogP contribution is 2.37. The van der Waals surface area contributed by atoms with E-state index in [1.54, 1.807) is 6.07 Å². The van der Waals surface area contributed by atoms with Crippen molar-refractivity contribution in [1.29, 1.82) is 0 Å². The summed E-state index contributed by atoms with van der Waals surface area (Å²) in [7, 11) is 0. The van der Waals surface area contributed by atoms with E-state index in [0.29, 0.717) is 5.75 Å². The van der Waals surface area contributed by atoms with Gasteiger partial charge in [0.2, 0.25) is 0 Å². The molecule has 0 amide bonds. The van der Waals surface area contributed by atoms with Gasteiger partial charge in [-0.25, -0.2) is 0 Å². The number of likely N-dealkylation sites (tertiary alicyclic amines) is 1. The van der Waals surface area contributed by atoms with Crippen LogP contribution in [0, 0.1) is 6.92 Å². The normalized spacial score (nSPS) is 22.6. The summed E-state index contributed by atoms with van der Waals surface area (Å²) in [6.07, 6.45) is 2.79. The molecule has 0 bridgehead atoms. The quantitative estimate of drug-likeness (QED) is 0.865. The molecule has 1 atom stereocenters. The summed E-state index contributed by atoms with van der Waals surface area (Å²) in [4.78, 5) is 7.73. The standard InChI is InChI=1S/C23H29N3O/c1-3-26-14-12-23(13-15-26)24-20(18-10-8-17(2)9-11-18)16-21(25-23)19-6-4-5-7-22(19)27/h4-11,21,25,27H,3,12-16H2,1-2H3/t21-/m1/s1. The molecule has 0 aromatic heterocycles. The van der Waals surface area contributed by atoms with Crippen LogP contribution in [0.5, 0.6) is 5.75 Å². The zero-order chi connectivity index (χ0) is 18.9. The molecule has 4 rings (SSSR count). The molecule has 0 saturated carbocycles. The molecule has 2 N–H and O–H groups in total. The Morgan fingerprint density at radius 1 is 1.11 bits per heavy atom. The highest BCUT2D eigenvalue weighted by molar-refractivity contribution is 6.01. The van der Waals surface area contributed by atoms with Crippen molar-refractivity contribution in [3.05, 3.63) is 65.2 Å². The van der Waals surface area contributed by atoms with Gasteiger partial charge < -0.3 is 10.0 Å². The van der Waals surface area contributed by atoms with E-state index in [9.17, 15) is 5.11 Å². The number of benzene rings is 2. The predicted molar refractivity (Wildman–Crippen MR) is 110 cm³/mol. The van der Waals surface area contributed by atoms with Gasteiger partial charge in [-0.3, -0.25) is 10.3 Å². The number of phenols is 1. The van der Waals surface area contributed by atoms with Crippen molar-refractivity contribution >= 4 is 5.71 Å². The van der Waals surface area contributed by atoms with Gasteiger partial charge in [0.1, 0.15) is 11.4 Å². The monoisotopic (exact) mass is 363 g/mol. The lowest BCUT2D eigenvalue weighted by Crippen LogP contribution is -2.56. The van der Waals surface area contributed by atoms with Crippen LogP contribution in [0.25, 0.3) is 0 Å². The molecule has 142 valence electrons. The molecule has 2 aliphatic heterocycles. The van der Waals surface area contributed by atoms with Gasteiger partial charge in [0.15, 0.2) is 0 Å². The lowest BCUT2D eigenvalue weighted by molar-refractivity contribution is 0.129. The van der Waals surface area contributed by atoms with E-state index in [2.05, 4.69) is 48.3 Å². The maximum atomic E-state index is 10.4. The minimum absolute atomic E-state index is 0.0770. The molecule has 1 spiro atoms. The Labute approximate surface area is 161 Å². The number of nitrogens with one attached hydrogen (secondary N) is 1. The minimum atomic E-state index is -0.239. The Hall–Kier alpha value is -2.17. The summed E-state index contributed by atoms with van der Waals surface area (Å²) >= 11 is 0. The molecule has 2 aliphatic rings. The van der Waals surface area contributed by atoms with Crippen LogP contribution >= 0.6 is 0 Å². The molecular weight excluding hydrogens is 334 g/mol. The fourth-order valence-corrected chi connectivity index (χ4v) is 4.30. The number of aliphatic imine (C=N–C) groups is 1. The Balaban J connectivity index is 1.70. The topological polar surface area (TPSA) is 47.9 Å². The first-order valence-electron chi connectivity index (χ1n) is 10.0. The van der Waals surface area contributed by atoms with Crippen LogP contribution in [-0.2, 0) is 0 Å². The summed E-state index contributed by atoms with van der Waals surface area (Å²) in [6, 6.07) is 16.4. The number of hydrogen-bond acceptors (Lipinski definition) is 4. The number of aryl methyl sites for hydroxylation is 1. The molecule has 4 heteroatoms. The molecule has 1 fully saturated rings. The molecule has 1 saturated heterocycles. The second-order valence-corrected chi connectivity index (χ2v) is 7.85. The predicted octanol–water partition coefficient (Wildman–Crippen LogP) is 4.04. The third-order valence-corrected chi connectivity index (χ3v) is 6.02. The van der Waals surface area contributed by atoms with Gasteiger partial charge in [0.25, 0.3) is 0 Å². The second-order valence-electron chi connectivity index (χ2n) is 7.85. The lowest BCUT2D eigenvalue weighted by Gasteiger charge is -2.45. The van der Waals surface area contributed by atoms with E-state index in [1.807, 2.05) is 18.2 Å². The molecule has 2 aromatic carbocycles. The summed E-state index contributed by atoms with van der Waals surface area (Å²) in [5, 5.41) is 14.2. The maximum absolute atomic E-state index is 10.4. The van der Waals surface area contributed by atoms with Crippen LogP contribution in [-0.4, -0.2) is 41.0 Å². The third-order valence-electron chi connectivity index (χ3n) is 6.02. The Morgan fingerprint density at radius 3 is 2.48 bits per heavy atom. The number of hydrogen-bond donors (Lipinski definition) is 2. The van der Waals surface area contributed by atoms with E-state index in [-0.39, 0.29) is 11.7 Å². The Kier molecular flexibility index (Phi) is 5.02. The molecular formula is C23H29N3O. The number of para-hydroxylation sites is 1. The largest absolute Gasteiger partial charge is 0.508 e. The zero-order valence-corrected chi connectivity index (χ0v) is 16.3. The van der Waals surface area contributed by atoms with Crippen molar-refractivity contribution in [2.75, 3.05) is 19.6 Å². The van der Waals surface area contributed by atoms with Gasteiger partial charge in [-0.1, -0.05) is 55.0 Å². The van der Waals surface area contributed by atoms with Crippen LogP contribution in [0.4, 0.5) is 0 Å². The van der Waals surface area contributed by atoms with Gasteiger partial charge in [0.05, 0.1) is 0 Å². The Bertz CT molecular complexity index is 820. The molecule has 27 heavy (non-hydrogen) atoms. The number of piperidine rings is 1. The van der Waals surface area contributed by atoms with Crippen molar-refractivity contribution in [3.8, 4) is 5.75 Å². The summed E-state index contributed by atoms with van der Waals surface area (Å²) in [5.41, 5.74) is 4.33. The van der Waals surface area contributed by atoms with Crippen LogP contribution in [0.2, 0.25) is 0 Å². The molecule has 0 unspecified atom stereocenters. The number of nitrogens with zero attached hydrogens (tertiary/aromatic N) is 2. The maximum Gasteiger partial charge on any atom is 0.120 e. The van der Waals surface area contributed by atoms with Crippen LogP contribution < -0.4 is 5.32 Å². The van der Waals surface area contributed by atoms with Crippen molar-refractivity contribution < 1.29 is 5.11 Å². The number of phenolic OH excluding ortho intramolecular Hbond substituents is 1. The van der Waals surface area contributed by atoms with Gasteiger partial charge in [0, 0.05) is 36.8 Å². The SMILES string of the molecule is CCN1CCC2(CC1)N=C(c1ccc(C)cc1)C[C@H](c1ccccc1O)N2. The van der Waals surface area contributed by atoms with Crippen molar-refractivity contribution in [3.63, 3.8) is 0 Å². The first kappa shape index (κ1) is 18.2. The summed E-state index contributed by atoms with van der Waals surface area (Å²) in [6.45, 7) is 7.54. The highest BCUT2D eigenvalue weighted by atomic mass is 16.3. The van der Waals surface area contributed by atoms with E-state index in [1.165, 1.54) is 11.1 Å². The average molecular weight is 364 g/mol. The van der Waals surface area contributed by atoms with Gasteiger partial charge in [-0.2, -0.15) is 0 Å². The fraction of sp³-hybridized carbons (Fsp3) is 0.435. The number of rotatable bonds is 3. The summed E-state index contributed by atoms with van der Waals surface area (Å²) < 4.78 is 0. The van der Waals surface area contributed by atoms with Crippen molar-refractivity contribution in [2.45, 2.75) is 44.8 Å². The molecule has 0 aliphatic carbocycles. The smallest absolute Gasteiger partial charge is 0.120 e. The van der Waals surface area contributed by atoms with E-state index in [0.717, 1.165) is 50.2 Å². The van der Waals surface area contributed by atoms with Gasteiger partial charge in [-0.05, 0) is 37.9 Å². The second kappa shape index (κ2) is 7.45. The van der Waals surface area contributed by atoms with Gasteiger partial charge >= 0.3 is 0 Å². The number of aromatic hydroxyl groups is 1. The first-order chi connectivity index (χ1) is 13.1. The fourth-order valence-electron chi connectivity index (χ4n) is 4.30. The van der Waals surface area contributed by atoms with E-state index < -0.39 is 0 Å². The van der Waals surface area contributed by atoms with Crippen molar-refractivity contribution in [1.82, 2.24) is 10.2 Å². The average Bonchev–Trinajstić information content (AvgIpc) is 2.69. The third kappa shape index (κ3) is 3.78. The van der Waals surface area contributed by atoms with E-state index >= 15 is 0 Å². The molecule has 2 aromatic rings. The van der Waals surface area contributed by atoms with Crippen LogP contribution in [0.3, 0.4) is 0 Å². The lowest BCUT2D eigenvalue weighted by atomic mass is 9.87. The molecule has 2 heterocycles. The van der Waals surface area contributed by atoms with Crippen molar-refractivity contribution in [2.24, 2.45) is 4.99 Å². The molecule has 0 radical (unpaired) electrons.